The number of H-pyrrole nitrogens is 1. The van der Waals surface area contributed by atoms with Gasteiger partial charge in [0.15, 0.2) is 0 Å². The van der Waals surface area contributed by atoms with E-state index < -0.39 is 23.8 Å². The number of hydrogen-bond acceptors (Lipinski definition) is 6. The summed E-state index contributed by atoms with van der Waals surface area (Å²) < 4.78 is 11.6. The summed E-state index contributed by atoms with van der Waals surface area (Å²) in [6.07, 6.45) is 2.75. The molecule has 1 unspecified atom stereocenters. The fourth-order valence-corrected chi connectivity index (χ4v) is 3.34. The number of rotatable bonds is 6. The first kappa shape index (κ1) is 24.1. The maximum Gasteiger partial charge on any atom is 0.411 e. The SMILES string of the molecule is COC(=O)Nc1ccc(-c2nc(CC(NC(=O)OC(C)(C)C)c3cnn(C)c3)[nH]c2Cl)cc1. The van der Waals surface area contributed by atoms with Crippen LogP contribution in [0, 0.1) is 0 Å². The van der Waals surface area contributed by atoms with Crippen LogP contribution in [0.2, 0.25) is 5.15 Å². The second-order valence-electron chi connectivity index (χ2n) is 8.39. The summed E-state index contributed by atoms with van der Waals surface area (Å²) in [5.74, 6) is 0.580. The molecule has 0 fully saturated rings. The van der Waals surface area contributed by atoms with Crippen LogP contribution in [0.4, 0.5) is 15.3 Å². The maximum absolute atomic E-state index is 12.4. The Labute approximate surface area is 196 Å². The minimum Gasteiger partial charge on any atom is -0.453 e. The number of halogens is 1. The topological polar surface area (TPSA) is 123 Å². The van der Waals surface area contributed by atoms with Gasteiger partial charge in [0.25, 0.3) is 0 Å². The van der Waals surface area contributed by atoms with E-state index in [1.807, 2.05) is 6.20 Å². The van der Waals surface area contributed by atoms with Crippen LogP contribution < -0.4 is 10.6 Å². The summed E-state index contributed by atoms with van der Waals surface area (Å²) in [6.45, 7) is 5.41. The molecule has 2 heterocycles. The van der Waals surface area contributed by atoms with Gasteiger partial charge in [0.05, 0.1) is 19.3 Å². The molecule has 2 aromatic heterocycles. The van der Waals surface area contributed by atoms with Crippen LogP contribution in [0.5, 0.6) is 0 Å². The second-order valence-corrected chi connectivity index (χ2v) is 8.77. The number of carbonyl (C=O) groups excluding carboxylic acids is 2. The van der Waals surface area contributed by atoms with Crippen molar-refractivity contribution < 1.29 is 19.1 Å². The van der Waals surface area contributed by atoms with Gasteiger partial charge in [-0.15, -0.1) is 0 Å². The maximum atomic E-state index is 12.4. The van der Waals surface area contributed by atoms with E-state index in [1.54, 1.807) is 63.0 Å². The molecule has 33 heavy (non-hydrogen) atoms. The number of aromatic nitrogens is 4. The molecule has 0 saturated carbocycles. The van der Waals surface area contributed by atoms with Gasteiger partial charge in [0.2, 0.25) is 0 Å². The Bertz CT molecular complexity index is 1120. The molecule has 176 valence electrons. The van der Waals surface area contributed by atoms with Crippen molar-refractivity contribution in [1.82, 2.24) is 25.1 Å². The van der Waals surface area contributed by atoms with Crippen LogP contribution in [-0.2, 0) is 22.9 Å². The third-order valence-electron chi connectivity index (χ3n) is 4.51. The van der Waals surface area contributed by atoms with Gasteiger partial charge in [-0.25, -0.2) is 14.6 Å². The minimum absolute atomic E-state index is 0.340. The molecule has 10 nitrogen and oxygen atoms in total. The molecule has 2 amide bonds. The molecule has 0 spiro atoms. The van der Waals surface area contributed by atoms with E-state index in [0.717, 1.165) is 11.1 Å². The standard InChI is InChI=1S/C22H27ClN6O4/c1-22(2,3)33-21(31)26-16(14-11-24-29(4)12-14)10-17-27-18(19(23)28-17)13-6-8-15(9-7-13)25-20(30)32-5/h6-9,11-12,16H,10H2,1-5H3,(H,25,30)(H,26,31)(H,27,28). The highest BCUT2D eigenvalue weighted by Crippen LogP contribution is 2.28. The van der Waals surface area contributed by atoms with Gasteiger partial charge < -0.3 is 19.8 Å². The van der Waals surface area contributed by atoms with Crippen LogP contribution in [-0.4, -0.2) is 44.6 Å². The second kappa shape index (κ2) is 9.95. The van der Waals surface area contributed by atoms with Crippen molar-refractivity contribution in [2.24, 2.45) is 7.05 Å². The number of aryl methyl sites for hydroxylation is 1. The van der Waals surface area contributed by atoms with Gasteiger partial charge in [0.1, 0.15) is 22.3 Å². The zero-order chi connectivity index (χ0) is 24.2. The average Bonchev–Trinajstić information content (AvgIpc) is 3.32. The highest BCUT2D eigenvalue weighted by molar-refractivity contribution is 6.31. The van der Waals surface area contributed by atoms with Crippen molar-refractivity contribution in [2.75, 3.05) is 12.4 Å². The Balaban J connectivity index is 1.79. The molecule has 0 bridgehead atoms. The molecule has 0 aliphatic carbocycles. The average molecular weight is 475 g/mol. The van der Waals surface area contributed by atoms with E-state index in [9.17, 15) is 9.59 Å². The lowest BCUT2D eigenvalue weighted by Crippen LogP contribution is -2.35. The Morgan fingerprint density at radius 3 is 2.48 bits per heavy atom. The van der Waals surface area contributed by atoms with Gasteiger partial charge in [-0.2, -0.15) is 5.10 Å². The first-order chi connectivity index (χ1) is 15.5. The summed E-state index contributed by atoms with van der Waals surface area (Å²) in [7, 11) is 3.10. The predicted molar refractivity (Wildman–Crippen MR) is 124 cm³/mol. The van der Waals surface area contributed by atoms with Crippen molar-refractivity contribution >= 4 is 29.5 Å². The number of methoxy groups -OCH3 is 1. The molecule has 0 saturated heterocycles. The molecule has 1 atom stereocenters. The van der Waals surface area contributed by atoms with Crippen LogP contribution in [0.1, 0.15) is 38.2 Å². The summed E-state index contributed by atoms with van der Waals surface area (Å²) in [5, 5.41) is 10.0. The molecule has 0 aliphatic heterocycles. The number of anilines is 1. The molecule has 3 rings (SSSR count). The lowest BCUT2D eigenvalue weighted by molar-refractivity contribution is 0.0503. The minimum atomic E-state index is -0.625. The number of amides is 2. The van der Waals surface area contributed by atoms with Crippen molar-refractivity contribution in [2.45, 2.75) is 38.8 Å². The summed E-state index contributed by atoms with van der Waals surface area (Å²) in [5.41, 5.74) is 2.07. The zero-order valence-electron chi connectivity index (χ0n) is 19.1. The van der Waals surface area contributed by atoms with Crippen molar-refractivity contribution in [1.29, 1.82) is 0 Å². The van der Waals surface area contributed by atoms with Gasteiger partial charge in [-0.3, -0.25) is 10.00 Å². The quantitative estimate of drug-likeness (QED) is 0.485. The number of nitrogens with one attached hydrogen (secondary N) is 3. The van der Waals surface area contributed by atoms with E-state index in [0.29, 0.717) is 28.8 Å². The molecule has 1 aromatic carbocycles. The third-order valence-corrected chi connectivity index (χ3v) is 4.79. The molecule has 11 heteroatoms. The number of alkyl carbamates (subject to hydrolysis) is 1. The van der Waals surface area contributed by atoms with E-state index in [-0.39, 0.29) is 0 Å². The van der Waals surface area contributed by atoms with Gasteiger partial charge in [-0.1, -0.05) is 23.7 Å². The first-order valence-corrected chi connectivity index (χ1v) is 10.6. The Morgan fingerprint density at radius 1 is 1.21 bits per heavy atom. The number of aromatic amines is 1. The van der Waals surface area contributed by atoms with Crippen LogP contribution >= 0.6 is 11.6 Å². The Morgan fingerprint density at radius 2 is 1.91 bits per heavy atom. The predicted octanol–water partition coefficient (Wildman–Crippen LogP) is 4.45. The van der Waals surface area contributed by atoms with E-state index in [4.69, 9.17) is 16.3 Å². The highest BCUT2D eigenvalue weighted by Gasteiger charge is 2.23. The molecule has 3 aromatic rings. The molecular weight excluding hydrogens is 448 g/mol. The lowest BCUT2D eigenvalue weighted by atomic mass is 10.1. The lowest BCUT2D eigenvalue weighted by Gasteiger charge is -2.23. The molecular formula is C22H27ClN6O4. The number of hydrogen-bond donors (Lipinski definition) is 3. The van der Waals surface area contributed by atoms with Crippen molar-refractivity contribution in [3.8, 4) is 11.3 Å². The summed E-state index contributed by atoms with van der Waals surface area (Å²) in [4.78, 5) is 31.5. The first-order valence-electron chi connectivity index (χ1n) is 10.2. The largest absolute Gasteiger partial charge is 0.453 e. The fourth-order valence-electron chi connectivity index (χ4n) is 3.08. The van der Waals surface area contributed by atoms with E-state index >= 15 is 0 Å². The normalized spacial score (nSPS) is 12.2. The van der Waals surface area contributed by atoms with E-state index in [1.165, 1.54) is 7.11 Å². The van der Waals surface area contributed by atoms with Gasteiger partial charge in [-0.05, 0) is 32.9 Å². The number of benzene rings is 1. The fraction of sp³-hybridized carbons (Fsp3) is 0.364. The Kier molecular flexibility index (Phi) is 7.27. The number of nitrogens with zero attached hydrogens (tertiary/aromatic N) is 3. The van der Waals surface area contributed by atoms with Crippen LogP contribution in [0.25, 0.3) is 11.3 Å². The number of ether oxygens (including phenoxy) is 2. The Hall–Kier alpha value is -3.53. The van der Waals surface area contributed by atoms with Crippen molar-refractivity contribution in [3.63, 3.8) is 0 Å². The zero-order valence-corrected chi connectivity index (χ0v) is 19.9. The summed E-state index contributed by atoms with van der Waals surface area (Å²) in [6, 6.07) is 6.58. The monoisotopic (exact) mass is 474 g/mol. The molecule has 0 radical (unpaired) electrons. The summed E-state index contributed by atoms with van der Waals surface area (Å²) >= 11 is 6.42. The van der Waals surface area contributed by atoms with Crippen molar-refractivity contribution in [3.05, 3.63) is 53.2 Å². The number of carbonyl (C=O) groups is 2. The molecule has 0 aliphatic rings. The third kappa shape index (κ3) is 6.72. The highest BCUT2D eigenvalue weighted by atomic mass is 35.5. The smallest absolute Gasteiger partial charge is 0.411 e. The van der Waals surface area contributed by atoms with Crippen LogP contribution in [0.15, 0.2) is 36.7 Å². The number of imidazole rings is 1. The molecule has 3 N–H and O–H groups in total. The van der Waals surface area contributed by atoms with Gasteiger partial charge >= 0.3 is 12.2 Å². The van der Waals surface area contributed by atoms with Crippen LogP contribution in [0.3, 0.4) is 0 Å². The van der Waals surface area contributed by atoms with E-state index in [2.05, 4.69) is 30.4 Å². The van der Waals surface area contributed by atoms with Gasteiger partial charge in [0, 0.05) is 36.5 Å².